The molecule has 2 saturated heterocycles. The molecule has 0 radical (unpaired) electrons. The third kappa shape index (κ3) is 1.73. The quantitative estimate of drug-likeness (QED) is 0.644. The number of nitrogens with two attached hydrogens (primary N) is 1. The van der Waals surface area contributed by atoms with Crippen molar-refractivity contribution >= 4 is 5.97 Å². The molecule has 3 unspecified atom stereocenters. The van der Waals surface area contributed by atoms with Crippen molar-refractivity contribution in [2.45, 2.75) is 37.5 Å². The molecule has 0 aromatic heterocycles. The predicted octanol–water partition coefficient (Wildman–Crippen LogP) is 0.0708. The van der Waals surface area contributed by atoms with Gasteiger partial charge in [0.1, 0.15) is 11.5 Å². The molecule has 92 valence electrons. The van der Waals surface area contributed by atoms with Gasteiger partial charge in [0.15, 0.2) is 0 Å². The number of methoxy groups -OCH3 is 1. The molecule has 2 heterocycles. The Balaban J connectivity index is 2.24. The van der Waals surface area contributed by atoms with Gasteiger partial charge in [-0.3, -0.25) is 4.79 Å². The number of carbonyl (C=O) groups is 1. The Kier molecular flexibility index (Phi) is 2.72. The van der Waals surface area contributed by atoms with Crippen molar-refractivity contribution in [3.05, 3.63) is 0 Å². The van der Waals surface area contributed by atoms with Gasteiger partial charge in [-0.25, -0.2) is 0 Å². The summed E-state index contributed by atoms with van der Waals surface area (Å²) in [5.41, 5.74) is 5.06. The van der Waals surface area contributed by atoms with E-state index in [0.717, 1.165) is 0 Å². The maximum atomic E-state index is 11.8. The fourth-order valence-electron chi connectivity index (χ4n) is 2.79. The lowest BCUT2D eigenvalue weighted by atomic mass is 9.81. The van der Waals surface area contributed by atoms with Gasteiger partial charge in [-0.1, -0.05) is 0 Å². The molecule has 0 aromatic rings. The van der Waals surface area contributed by atoms with Gasteiger partial charge < -0.3 is 19.9 Å². The number of hydrogen-bond donors (Lipinski definition) is 1. The molecule has 2 aliphatic rings. The molecule has 1 spiro atoms. The van der Waals surface area contributed by atoms with Crippen LogP contribution in [0.2, 0.25) is 0 Å². The summed E-state index contributed by atoms with van der Waals surface area (Å²) in [6.07, 6.45) is 0.674. The van der Waals surface area contributed by atoms with Gasteiger partial charge >= 0.3 is 5.97 Å². The molecule has 2 rings (SSSR count). The summed E-state index contributed by atoms with van der Waals surface area (Å²) < 4.78 is 16.2. The first kappa shape index (κ1) is 11.8. The standard InChI is InChI=1S/C11H19NO4/c1-10(2)5-11(6-16-10)8(9(13)14-3)7(12)4-15-11/h7-8H,4-6,12H2,1-3H3. The van der Waals surface area contributed by atoms with Gasteiger partial charge in [0.2, 0.25) is 0 Å². The van der Waals surface area contributed by atoms with Crippen molar-refractivity contribution in [1.82, 2.24) is 0 Å². The highest BCUT2D eigenvalue weighted by molar-refractivity contribution is 5.75. The van der Waals surface area contributed by atoms with Crippen molar-refractivity contribution in [3.8, 4) is 0 Å². The summed E-state index contributed by atoms with van der Waals surface area (Å²) in [5.74, 6) is -0.717. The van der Waals surface area contributed by atoms with E-state index in [4.69, 9.17) is 19.9 Å². The zero-order valence-corrected chi connectivity index (χ0v) is 9.99. The van der Waals surface area contributed by atoms with Crippen molar-refractivity contribution in [3.63, 3.8) is 0 Å². The molecule has 2 aliphatic heterocycles. The molecule has 2 N–H and O–H groups in total. The Bertz CT molecular complexity index is 304. The van der Waals surface area contributed by atoms with E-state index in [1.54, 1.807) is 0 Å². The zero-order valence-electron chi connectivity index (χ0n) is 9.99. The van der Waals surface area contributed by atoms with Gasteiger partial charge in [0.05, 0.1) is 25.9 Å². The normalized spacial score (nSPS) is 41.5. The van der Waals surface area contributed by atoms with Crippen LogP contribution in [0, 0.1) is 5.92 Å². The number of ether oxygens (including phenoxy) is 3. The zero-order chi connectivity index (χ0) is 12.0. The predicted molar refractivity (Wildman–Crippen MR) is 56.8 cm³/mol. The lowest BCUT2D eigenvalue weighted by Gasteiger charge is -2.28. The number of esters is 1. The molecule has 0 bridgehead atoms. The summed E-state index contributed by atoms with van der Waals surface area (Å²) in [5, 5.41) is 0. The maximum Gasteiger partial charge on any atom is 0.313 e. The number of rotatable bonds is 1. The Hall–Kier alpha value is -0.650. The topological polar surface area (TPSA) is 70.8 Å². The molecule has 0 aliphatic carbocycles. The molecule has 0 saturated carbocycles. The average Bonchev–Trinajstić information content (AvgIpc) is 2.68. The minimum atomic E-state index is -0.587. The molecular formula is C11H19NO4. The SMILES string of the molecule is COC(=O)C1C(N)COC12COC(C)(C)C2. The average molecular weight is 229 g/mol. The number of hydrogen-bond acceptors (Lipinski definition) is 5. The van der Waals surface area contributed by atoms with Crippen molar-refractivity contribution in [1.29, 1.82) is 0 Å². The van der Waals surface area contributed by atoms with Gasteiger partial charge in [-0.05, 0) is 13.8 Å². The third-order valence-corrected chi connectivity index (χ3v) is 3.45. The van der Waals surface area contributed by atoms with E-state index in [1.807, 2.05) is 13.8 Å². The molecule has 2 fully saturated rings. The fraction of sp³-hybridized carbons (Fsp3) is 0.909. The highest BCUT2D eigenvalue weighted by Gasteiger charge is 2.59. The highest BCUT2D eigenvalue weighted by atomic mass is 16.6. The molecular weight excluding hydrogens is 210 g/mol. The summed E-state index contributed by atoms with van der Waals surface area (Å²) in [4.78, 5) is 11.8. The maximum absolute atomic E-state index is 11.8. The lowest BCUT2D eigenvalue weighted by molar-refractivity contribution is -0.152. The first-order valence-electron chi connectivity index (χ1n) is 5.52. The largest absolute Gasteiger partial charge is 0.469 e. The molecule has 0 aromatic carbocycles. The second-order valence-corrected chi connectivity index (χ2v) is 5.27. The molecule has 5 heteroatoms. The first-order chi connectivity index (χ1) is 7.40. The Morgan fingerprint density at radius 1 is 1.44 bits per heavy atom. The Morgan fingerprint density at radius 2 is 2.12 bits per heavy atom. The van der Waals surface area contributed by atoms with Gasteiger partial charge in [0.25, 0.3) is 0 Å². The summed E-state index contributed by atoms with van der Waals surface area (Å²) in [6.45, 7) is 4.78. The van der Waals surface area contributed by atoms with Crippen LogP contribution in [-0.2, 0) is 19.0 Å². The van der Waals surface area contributed by atoms with Crippen LogP contribution >= 0.6 is 0 Å². The van der Waals surface area contributed by atoms with E-state index in [1.165, 1.54) is 7.11 Å². The summed E-state index contributed by atoms with van der Waals surface area (Å²) in [6, 6.07) is -0.301. The minimum absolute atomic E-state index is 0.268. The molecule has 0 amide bonds. The van der Waals surface area contributed by atoms with E-state index in [0.29, 0.717) is 19.6 Å². The van der Waals surface area contributed by atoms with Crippen LogP contribution in [0.1, 0.15) is 20.3 Å². The van der Waals surface area contributed by atoms with Crippen molar-refractivity contribution < 1.29 is 19.0 Å². The van der Waals surface area contributed by atoms with Crippen LogP contribution in [-0.4, -0.2) is 43.5 Å². The van der Waals surface area contributed by atoms with Gasteiger partial charge in [-0.2, -0.15) is 0 Å². The smallest absolute Gasteiger partial charge is 0.313 e. The van der Waals surface area contributed by atoms with Crippen LogP contribution in [0.25, 0.3) is 0 Å². The van der Waals surface area contributed by atoms with Gasteiger partial charge in [-0.15, -0.1) is 0 Å². The minimum Gasteiger partial charge on any atom is -0.469 e. The lowest BCUT2D eigenvalue weighted by Crippen LogP contribution is -2.47. The van der Waals surface area contributed by atoms with E-state index < -0.39 is 11.5 Å². The Morgan fingerprint density at radius 3 is 2.62 bits per heavy atom. The van der Waals surface area contributed by atoms with Crippen LogP contribution in [0.3, 0.4) is 0 Å². The first-order valence-corrected chi connectivity index (χ1v) is 5.52. The van der Waals surface area contributed by atoms with Crippen molar-refractivity contribution in [2.75, 3.05) is 20.3 Å². The molecule has 5 nitrogen and oxygen atoms in total. The second-order valence-electron chi connectivity index (χ2n) is 5.27. The van der Waals surface area contributed by atoms with E-state index in [-0.39, 0.29) is 17.6 Å². The van der Waals surface area contributed by atoms with Crippen molar-refractivity contribution in [2.24, 2.45) is 11.7 Å². The third-order valence-electron chi connectivity index (χ3n) is 3.45. The van der Waals surface area contributed by atoms with E-state index in [2.05, 4.69) is 0 Å². The molecule has 16 heavy (non-hydrogen) atoms. The van der Waals surface area contributed by atoms with Crippen LogP contribution < -0.4 is 5.73 Å². The molecule has 3 atom stereocenters. The second kappa shape index (κ2) is 3.68. The van der Waals surface area contributed by atoms with Crippen LogP contribution in [0.5, 0.6) is 0 Å². The van der Waals surface area contributed by atoms with Crippen LogP contribution in [0.4, 0.5) is 0 Å². The summed E-state index contributed by atoms with van der Waals surface area (Å²) >= 11 is 0. The number of carbonyl (C=O) groups excluding carboxylic acids is 1. The Labute approximate surface area is 95.2 Å². The van der Waals surface area contributed by atoms with Gasteiger partial charge in [0, 0.05) is 12.5 Å². The monoisotopic (exact) mass is 229 g/mol. The summed E-state index contributed by atoms with van der Waals surface area (Å²) in [7, 11) is 1.38. The van der Waals surface area contributed by atoms with Crippen LogP contribution in [0.15, 0.2) is 0 Å². The fourth-order valence-corrected chi connectivity index (χ4v) is 2.79. The van der Waals surface area contributed by atoms with E-state index >= 15 is 0 Å². The van der Waals surface area contributed by atoms with E-state index in [9.17, 15) is 4.79 Å². The highest BCUT2D eigenvalue weighted by Crippen LogP contribution is 2.45.